The maximum Gasteiger partial charge on any atom is 0.407 e. The summed E-state index contributed by atoms with van der Waals surface area (Å²) < 4.78 is 7.70. The number of nitrogens with zero attached hydrogens (tertiary/aromatic N) is 2. The highest BCUT2D eigenvalue weighted by atomic mass is 16.5. The van der Waals surface area contributed by atoms with Crippen molar-refractivity contribution in [3.8, 4) is 11.1 Å². The number of aromatic nitrogens is 2. The Morgan fingerprint density at radius 3 is 1.69 bits per heavy atom. The van der Waals surface area contributed by atoms with Crippen molar-refractivity contribution < 1.29 is 24.2 Å². The van der Waals surface area contributed by atoms with E-state index in [-0.39, 0.29) is 24.9 Å². The molecule has 54 heavy (non-hydrogen) atoms. The highest BCUT2D eigenvalue weighted by Crippen LogP contribution is 2.44. The number of carboxylic acids is 1. The van der Waals surface area contributed by atoms with Gasteiger partial charge in [0.2, 0.25) is 5.91 Å². The molecule has 2 atom stereocenters. The van der Waals surface area contributed by atoms with E-state index in [1.165, 1.54) is 0 Å². The first-order valence-electron chi connectivity index (χ1n) is 18.1. The number of amides is 2. The number of rotatable bonds is 13. The Bertz CT molecular complexity index is 2090. The Morgan fingerprint density at radius 2 is 1.20 bits per heavy atom. The number of aliphatic carboxylic acids is 1. The lowest BCUT2D eigenvalue weighted by molar-refractivity contribution is -0.142. The van der Waals surface area contributed by atoms with E-state index in [0.717, 1.165) is 38.9 Å². The van der Waals surface area contributed by atoms with E-state index < -0.39 is 35.6 Å². The molecule has 9 nitrogen and oxygen atoms in total. The van der Waals surface area contributed by atoms with Crippen LogP contribution >= 0.6 is 0 Å². The van der Waals surface area contributed by atoms with Crippen molar-refractivity contribution in [3.63, 3.8) is 0 Å². The zero-order valence-electron chi connectivity index (χ0n) is 30.1. The van der Waals surface area contributed by atoms with Crippen LogP contribution in [0, 0.1) is 5.92 Å². The predicted octanol–water partition coefficient (Wildman–Crippen LogP) is 7.40. The Morgan fingerprint density at radius 1 is 0.722 bits per heavy atom. The van der Waals surface area contributed by atoms with Crippen LogP contribution in [0.15, 0.2) is 152 Å². The van der Waals surface area contributed by atoms with E-state index in [1.807, 2.05) is 102 Å². The van der Waals surface area contributed by atoms with E-state index in [1.54, 1.807) is 20.2 Å². The number of fused-ring (bicyclic) bond motifs is 3. The van der Waals surface area contributed by atoms with Gasteiger partial charge in [-0.25, -0.2) is 14.6 Å². The average Bonchev–Trinajstić information content (AvgIpc) is 3.80. The average molecular weight is 719 g/mol. The summed E-state index contributed by atoms with van der Waals surface area (Å²) in [7, 11) is 0. The van der Waals surface area contributed by atoms with Gasteiger partial charge in [-0.1, -0.05) is 153 Å². The molecule has 0 fully saturated rings. The second kappa shape index (κ2) is 15.6. The minimum absolute atomic E-state index is 0.0850. The third-order valence-electron chi connectivity index (χ3n) is 10.2. The van der Waals surface area contributed by atoms with Gasteiger partial charge in [-0.2, -0.15) is 0 Å². The van der Waals surface area contributed by atoms with Crippen molar-refractivity contribution in [1.82, 2.24) is 20.2 Å². The number of benzene rings is 5. The quantitative estimate of drug-likeness (QED) is 0.107. The Labute approximate surface area is 314 Å². The van der Waals surface area contributed by atoms with Crippen LogP contribution in [0.25, 0.3) is 11.1 Å². The number of ether oxygens (including phenoxy) is 1. The van der Waals surface area contributed by atoms with Crippen LogP contribution < -0.4 is 10.6 Å². The van der Waals surface area contributed by atoms with Crippen LogP contribution in [-0.4, -0.2) is 51.3 Å². The van der Waals surface area contributed by atoms with Crippen LogP contribution in [-0.2, 0) is 26.3 Å². The number of imidazole rings is 1. The number of nitrogens with one attached hydrogen (secondary N) is 2. The molecule has 1 aliphatic carbocycles. The Hall–Kier alpha value is -6.48. The SMILES string of the molecule is CC(C)[C@H](NC(=O)OCC1c2ccccc2-c2ccccc21)C(=O)N[C@@H](Cc1cn(C(c2ccccc2)(c2ccccc2)c2ccccc2)cn1)C(=O)O. The van der Waals surface area contributed by atoms with E-state index in [4.69, 9.17) is 4.74 Å². The van der Waals surface area contributed by atoms with Crippen LogP contribution in [0.4, 0.5) is 4.79 Å². The lowest BCUT2D eigenvalue weighted by Crippen LogP contribution is -2.54. The van der Waals surface area contributed by atoms with Gasteiger partial charge in [0, 0.05) is 18.5 Å². The fourth-order valence-corrected chi connectivity index (χ4v) is 7.61. The maximum absolute atomic E-state index is 13.7. The fraction of sp³-hybridized carbons (Fsp3) is 0.200. The van der Waals surface area contributed by atoms with Crippen LogP contribution in [0.5, 0.6) is 0 Å². The van der Waals surface area contributed by atoms with Gasteiger partial charge in [-0.3, -0.25) is 4.79 Å². The summed E-state index contributed by atoms with van der Waals surface area (Å²) >= 11 is 0. The number of hydrogen-bond acceptors (Lipinski definition) is 5. The standard InChI is InChI=1S/C45H42N4O5/c1-30(2)41(48-44(53)54-28-39-37-24-14-12-22-35(37)36-23-13-15-25-38(36)39)42(50)47-40(43(51)52)26-34-27-49(29-46-34)45(31-16-6-3-7-17-31,32-18-8-4-9-19-32)33-20-10-5-11-21-33/h3-25,27,29-30,39-41H,26,28H2,1-2H3,(H,47,50)(H,48,53)(H,51,52)/t40-,41-/m0/s1. The number of alkyl carbamates (subject to hydrolysis) is 1. The number of carbonyl (C=O) groups is 3. The zero-order valence-corrected chi connectivity index (χ0v) is 30.1. The Kier molecular flexibility index (Phi) is 10.4. The summed E-state index contributed by atoms with van der Waals surface area (Å²) in [6.07, 6.45) is 2.71. The molecule has 0 aliphatic heterocycles. The zero-order chi connectivity index (χ0) is 37.7. The highest BCUT2D eigenvalue weighted by Gasteiger charge is 2.39. The molecule has 0 spiro atoms. The van der Waals surface area contributed by atoms with E-state index in [2.05, 4.69) is 64.1 Å². The lowest BCUT2D eigenvalue weighted by Gasteiger charge is -2.37. The molecule has 0 saturated heterocycles. The van der Waals surface area contributed by atoms with E-state index in [9.17, 15) is 19.5 Å². The number of carboxylic acid groups (broad SMARTS) is 1. The monoisotopic (exact) mass is 718 g/mol. The summed E-state index contributed by atoms with van der Waals surface area (Å²) in [5, 5.41) is 15.6. The first kappa shape index (κ1) is 35.9. The minimum Gasteiger partial charge on any atom is -0.480 e. The normalized spacial score (nSPS) is 13.4. The molecular weight excluding hydrogens is 677 g/mol. The molecule has 5 aromatic carbocycles. The van der Waals surface area contributed by atoms with Crippen molar-refractivity contribution in [3.05, 3.63) is 186 Å². The smallest absolute Gasteiger partial charge is 0.407 e. The minimum atomic E-state index is -1.31. The molecule has 0 saturated carbocycles. The van der Waals surface area contributed by atoms with Crippen LogP contribution in [0.3, 0.4) is 0 Å². The topological polar surface area (TPSA) is 123 Å². The van der Waals surface area contributed by atoms with Gasteiger partial charge in [0.05, 0.1) is 12.0 Å². The summed E-state index contributed by atoms with van der Waals surface area (Å²) in [4.78, 5) is 44.1. The van der Waals surface area contributed by atoms with Crippen molar-refractivity contribution >= 4 is 18.0 Å². The second-order valence-corrected chi connectivity index (χ2v) is 13.9. The first-order valence-corrected chi connectivity index (χ1v) is 18.1. The second-order valence-electron chi connectivity index (χ2n) is 13.9. The van der Waals surface area contributed by atoms with Gasteiger partial charge in [0.15, 0.2) is 0 Å². The molecule has 1 heterocycles. The van der Waals surface area contributed by atoms with Crippen LogP contribution in [0.2, 0.25) is 0 Å². The molecule has 2 amide bonds. The molecule has 0 radical (unpaired) electrons. The number of carbonyl (C=O) groups excluding carboxylic acids is 2. The molecule has 6 aromatic rings. The van der Waals surface area contributed by atoms with Gasteiger partial charge in [-0.15, -0.1) is 0 Å². The van der Waals surface area contributed by atoms with Crippen molar-refractivity contribution in [2.75, 3.05) is 6.61 Å². The Balaban J connectivity index is 1.08. The molecule has 9 heteroatoms. The van der Waals surface area contributed by atoms with Gasteiger partial charge >= 0.3 is 12.1 Å². The molecule has 1 aliphatic rings. The van der Waals surface area contributed by atoms with Crippen molar-refractivity contribution in [2.24, 2.45) is 5.92 Å². The van der Waals surface area contributed by atoms with Crippen molar-refractivity contribution in [2.45, 2.75) is 43.8 Å². The molecule has 272 valence electrons. The summed E-state index contributed by atoms with van der Waals surface area (Å²) in [5.41, 5.74) is 6.99. The van der Waals surface area contributed by atoms with Crippen molar-refractivity contribution in [1.29, 1.82) is 0 Å². The largest absolute Gasteiger partial charge is 0.480 e. The third kappa shape index (κ3) is 7.00. The first-order chi connectivity index (χ1) is 26.3. The van der Waals surface area contributed by atoms with E-state index >= 15 is 0 Å². The summed E-state index contributed by atoms with van der Waals surface area (Å²) in [6.45, 7) is 3.65. The van der Waals surface area contributed by atoms with Gasteiger partial charge in [-0.05, 0) is 44.9 Å². The lowest BCUT2D eigenvalue weighted by atomic mass is 9.77. The molecule has 0 bridgehead atoms. The van der Waals surface area contributed by atoms with Gasteiger partial charge in [0.1, 0.15) is 24.2 Å². The van der Waals surface area contributed by atoms with Gasteiger partial charge in [0.25, 0.3) is 0 Å². The highest BCUT2D eigenvalue weighted by molar-refractivity contribution is 5.89. The predicted molar refractivity (Wildman–Crippen MR) is 207 cm³/mol. The summed E-state index contributed by atoms with van der Waals surface area (Å²) in [5.74, 6) is -2.35. The van der Waals surface area contributed by atoms with E-state index in [0.29, 0.717) is 5.69 Å². The van der Waals surface area contributed by atoms with Crippen LogP contribution in [0.1, 0.15) is 53.3 Å². The summed E-state index contributed by atoms with van der Waals surface area (Å²) in [6, 6.07) is 44.0. The molecular formula is C45H42N4O5. The molecule has 0 unspecified atom stereocenters. The molecule has 1 aromatic heterocycles. The van der Waals surface area contributed by atoms with Gasteiger partial charge < -0.3 is 25.0 Å². The maximum atomic E-state index is 13.7. The fourth-order valence-electron chi connectivity index (χ4n) is 7.61. The number of hydrogen-bond donors (Lipinski definition) is 3. The molecule has 7 rings (SSSR count). The molecule has 3 N–H and O–H groups in total. The third-order valence-corrected chi connectivity index (χ3v) is 10.2.